The van der Waals surface area contributed by atoms with Gasteiger partial charge in [0.2, 0.25) is 0 Å². The number of ether oxygens (including phenoxy) is 4. The second-order valence-corrected chi connectivity index (χ2v) is 9.05. The van der Waals surface area contributed by atoms with E-state index in [4.69, 9.17) is 23.9 Å². The lowest BCUT2D eigenvalue weighted by atomic mass is 10.0. The minimum absolute atomic E-state index is 0.110. The van der Waals surface area contributed by atoms with Gasteiger partial charge >= 0.3 is 0 Å². The highest BCUT2D eigenvalue weighted by Crippen LogP contribution is 2.32. The largest absolute Gasteiger partial charge is 0.493 e. The van der Waals surface area contributed by atoms with Gasteiger partial charge < -0.3 is 18.9 Å². The van der Waals surface area contributed by atoms with Crippen LogP contribution >= 0.6 is 0 Å². The number of nitrogens with zero attached hydrogens (tertiary/aromatic N) is 1. The van der Waals surface area contributed by atoms with E-state index in [2.05, 4.69) is 0 Å². The number of benzene rings is 3. The van der Waals surface area contributed by atoms with Crippen LogP contribution in [-0.2, 0) is 18.0 Å². The molecule has 1 aliphatic rings. The maximum Gasteiger partial charge on any atom is 0.165 e. The van der Waals surface area contributed by atoms with Crippen molar-refractivity contribution in [3.05, 3.63) is 95.4 Å². The SMILES string of the molecule is Cc1c(COc2cc(OCC3CCOCC3)ccc2F)nc2ccccc2c1OCc1ccccc1. The molecular weight excluding hydrogens is 457 g/mol. The molecule has 5 nitrogen and oxygen atoms in total. The van der Waals surface area contributed by atoms with Gasteiger partial charge in [-0.1, -0.05) is 42.5 Å². The van der Waals surface area contributed by atoms with Gasteiger partial charge in [0.15, 0.2) is 11.6 Å². The molecule has 1 saturated heterocycles. The number of hydrogen-bond acceptors (Lipinski definition) is 5. The van der Waals surface area contributed by atoms with Gasteiger partial charge in [0, 0.05) is 30.2 Å². The molecule has 2 heterocycles. The Morgan fingerprint density at radius 2 is 1.67 bits per heavy atom. The molecule has 1 aliphatic heterocycles. The third kappa shape index (κ3) is 5.77. The van der Waals surface area contributed by atoms with E-state index >= 15 is 0 Å². The monoisotopic (exact) mass is 487 g/mol. The first-order valence-electron chi connectivity index (χ1n) is 12.3. The number of para-hydroxylation sites is 1. The minimum atomic E-state index is -0.438. The molecule has 3 aromatic carbocycles. The molecule has 0 aliphatic carbocycles. The fourth-order valence-corrected chi connectivity index (χ4v) is 4.34. The van der Waals surface area contributed by atoms with Crippen LogP contribution in [0.5, 0.6) is 17.2 Å². The van der Waals surface area contributed by atoms with Crippen molar-refractivity contribution in [3.8, 4) is 17.2 Å². The summed E-state index contributed by atoms with van der Waals surface area (Å²) in [4.78, 5) is 4.78. The van der Waals surface area contributed by atoms with Crippen LogP contribution in [-0.4, -0.2) is 24.8 Å². The van der Waals surface area contributed by atoms with Gasteiger partial charge in [-0.05, 0) is 55.5 Å². The topological polar surface area (TPSA) is 49.8 Å². The Bertz CT molecular complexity index is 1310. The van der Waals surface area contributed by atoms with E-state index in [-0.39, 0.29) is 12.4 Å². The van der Waals surface area contributed by atoms with E-state index in [0.717, 1.165) is 53.8 Å². The Kier molecular flexibility index (Phi) is 7.62. The van der Waals surface area contributed by atoms with Crippen LogP contribution < -0.4 is 14.2 Å². The number of pyridine rings is 1. The van der Waals surface area contributed by atoms with Crippen molar-refractivity contribution in [2.45, 2.75) is 33.0 Å². The lowest BCUT2D eigenvalue weighted by Crippen LogP contribution is -2.21. The van der Waals surface area contributed by atoms with Gasteiger partial charge in [0.05, 0.1) is 17.8 Å². The standard InChI is InChI=1S/C30H30FNO4/c1-21-28(20-35-29-17-24(11-12-26(29)31)34-18-23-13-15-33-16-14-23)32-27-10-6-5-9-25(27)30(21)36-19-22-7-3-2-4-8-22/h2-12,17,23H,13-16,18-20H2,1H3. The smallest absolute Gasteiger partial charge is 0.165 e. The third-order valence-corrected chi connectivity index (χ3v) is 6.50. The van der Waals surface area contributed by atoms with Gasteiger partial charge in [0.1, 0.15) is 24.7 Å². The van der Waals surface area contributed by atoms with Crippen LogP contribution in [0.25, 0.3) is 10.9 Å². The Balaban J connectivity index is 1.32. The van der Waals surface area contributed by atoms with Crippen molar-refractivity contribution in [3.63, 3.8) is 0 Å². The molecule has 0 saturated carbocycles. The van der Waals surface area contributed by atoms with Crippen LogP contribution in [0.1, 0.15) is 29.7 Å². The Morgan fingerprint density at radius 1 is 0.889 bits per heavy atom. The fourth-order valence-electron chi connectivity index (χ4n) is 4.34. The van der Waals surface area contributed by atoms with Gasteiger partial charge in [-0.25, -0.2) is 9.37 Å². The zero-order valence-electron chi connectivity index (χ0n) is 20.4. The van der Waals surface area contributed by atoms with Crippen molar-refractivity contribution < 1.29 is 23.3 Å². The molecule has 0 N–H and O–H groups in total. The van der Waals surface area contributed by atoms with Crippen LogP contribution in [0, 0.1) is 18.7 Å². The number of rotatable bonds is 9. The molecule has 4 aromatic rings. The van der Waals surface area contributed by atoms with E-state index in [1.54, 1.807) is 12.1 Å². The van der Waals surface area contributed by atoms with E-state index in [9.17, 15) is 4.39 Å². The lowest BCUT2D eigenvalue weighted by Gasteiger charge is -2.22. The van der Waals surface area contributed by atoms with Gasteiger partial charge in [-0.2, -0.15) is 0 Å². The zero-order chi connectivity index (χ0) is 24.7. The molecular formula is C30H30FNO4. The lowest BCUT2D eigenvalue weighted by molar-refractivity contribution is 0.0497. The molecule has 1 aromatic heterocycles. The second kappa shape index (κ2) is 11.4. The normalized spacial score (nSPS) is 14.1. The maximum absolute atomic E-state index is 14.6. The number of halogens is 1. The first-order valence-corrected chi connectivity index (χ1v) is 12.3. The molecule has 1 fully saturated rings. The molecule has 0 radical (unpaired) electrons. The summed E-state index contributed by atoms with van der Waals surface area (Å²) in [7, 11) is 0. The fraction of sp³-hybridized carbons (Fsp3) is 0.300. The third-order valence-electron chi connectivity index (χ3n) is 6.50. The summed E-state index contributed by atoms with van der Waals surface area (Å²) in [6, 6.07) is 22.5. The van der Waals surface area contributed by atoms with Crippen molar-refractivity contribution in [2.75, 3.05) is 19.8 Å². The summed E-state index contributed by atoms with van der Waals surface area (Å²) in [5, 5.41) is 0.935. The first-order chi connectivity index (χ1) is 17.7. The Labute approximate surface area is 210 Å². The summed E-state index contributed by atoms with van der Waals surface area (Å²) in [5.41, 5.74) is 3.45. The molecule has 0 unspecified atom stereocenters. The highest BCUT2D eigenvalue weighted by molar-refractivity contribution is 5.86. The van der Waals surface area contributed by atoms with Crippen LogP contribution in [0.3, 0.4) is 0 Å². The quantitative estimate of drug-likeness (QED) is 0.265. The molecule has 36 heavy (non-hydrogen) atoms. The van der Waals surface area contributed by atoms with Crippen LogP contribution in [0.2, 0.25) is 0 Å². The molecule has 0 spiro atoms. The first kappa shape index (κ1) is 24.1. The maximum atomic E-state index is 14.6. The van der Waals surface area contributed by atoms with Crippen LogP contribution in [0.4, 0.5) is 4.39 Å². The summed E-state index contributed by atoms with van der Waals surface area (Å²) in [5.74, 6) is 1.50. The summed E-state index contributed by atoms with van der Waals surface area (Å²) in [6.45, 7) is 4.63. The molecule has 186 valence electrons. The molecule has 0 amide bonds. The highest BCUT2D eigenvalue weighted by atomic mass is 19.1. The average Bonchev–Trinajstić information content (AvgIpc) is 2.92. The van der Waals surface area contributed by atoms with Gasteiger partial charge in [0.25, 0.3) is 0 Å². The van der Waals surface area contributed by atoms with E-state index in [1.165, 1.54) is 6.07 Å². The van der Waals surface area contributed by atoms with Crippen molar-refractivity contribution in [1.82, 2.24) is 4.98 Å². The zero-order valence-corrected chi connectivity index (χ0v) is 20.4. The summed E-state index contributed by atoms with van der Waals surface area (Å²) in [6.07, 6.45) is 1.96. The van der Waals surface area contributed by atoms with E-state index in [0.29, 0.717) is 30.6 Å². The van der Waals surface area contributed by atoms with Gasteiger partial charge in [-0.3, -0.25) is 0 Å². The minimum Gasteiger partial charge on any atom is -0.493 e. The molecule has 5 rings (SSSR count). The average molecular weight is 488 g/mol. The van der Waals surface area contributed by atoms with E-state index in [1.807, 2.05) is 61.5 Å². The van der Waals surface area contributed by atoms with E-state index < -0.39 is 5.82 Å². The molecule has 0 bridgehead atoms. The predicted molar refractivity (Wildman–Crippen MR) is 137 cm³/mol. The van der Waals surface area contributed by atoms with Crippen molar-refractivity contribution in [1.29, 1.82) is 0 Å². The number of fused-ring (bicyclic) bond motifs is 1. The van der Waals surface area contributed by atoms with Crippen molar-refractivity contribution >= 4 is 10.9 Å². The molecule has 0 atom stereocenters. The predicted octanol–water partition coefficient (Wildman–Crippen LogP) is 6.65. The summed E-state index contributed by atoms with van der Waals surface area (Å²) >= 11 is 0. The summed E-state index contributed by atoms with van der Waals surface area (Å²) < 4.78 is 38.1. The van der Waals surface area contributed by atoms with Crippen LogP contribution in [0.15, 0.2) is 72.8 Å². The highest BCUT2D eigenvalue weighted by Gasteiger charge is 2.17. The van der Waals surface area contributed by atoms with Gasteiger partial charge in [-0.15, -0.1) is 0 Å². The van der Waals surface area contributed by atoms with Crippen molar-refractivity contribution in [2.24, 2.45) is 5.92 Å². The Morgan fingerprint density at radius 3 is 2.50 bits per heavy atom. The number of aromatic nitrogens is 1. The Hall–Kier alpha value is -3.64. The second-order valence-electron chi connectivity index (χ2n) is 9.05. The molecule has 6 heteroatoms. The number of hydrogen-bond donors (Lipinski definition) is 0.